The van der Waals surface area contributed by atoms with Crippen LogP contribution in [-0.2, 0) is 9.59 Å². The largest absolute Gasteiger partial charge is 0.494 e. The number of hydrogen-bond acceptors (Lipinski definition) is 5. The molecule has 0 aliphatic carbocycles. The highest BCUT2D eigenvalue weighted by Gasteiger charge is 2.34. The van der Waals surface area contributed by atoms with Gasteiger partial charge < -0.3 is 9.47 Å². The van der Waals surface area contributed by atoms with Gasteiger partial charge in [0, 0.05) is 10.0 Å². The molecular weight excluding hydrogens is 504 g/mol. The zero-order chi connectivity index (χ0) is 23.5. The van der Waals surface area contributed by atoms with Gasteiger partial charge in [0.2, 0.25) is 0 Å². The van der Waals surface area contributed by atoms with Crippen molar-refractivity contribution in [3.8, 4) is 11.5 Å². The third-order valence-corrected chi connectivity index (χ3v) is 5.89. The molecule has 3 aromatic rings. The molecule has 8 heteroatoms. The Hall–Kier alpha value is -3.23. The van der Waals surface area contributed by atoms with Crippen LogP contribution in [0.4, 0.5) is 5.69 Å². The minimum atomic E-state index is -0.557. The van der Waals surface area contributed by atoms with Crippen molar-refractivity contribution in [2.24, 2.45) is 0 Å². The van der Waals surface area contributed by atoms with E-state index < -0.39 is 11.8 Å². The van der Waals surface area contributed by atoms with Gasteiger partial charge in [0.25, 0.3) is 11.8 Å². The third-order valence-electron chi connectivity index (χ3n) is 5.08. The van der Waals surface area contributed by atoms with Crippen LogP contribution >= 0.6 is 28.1 Å². The predicted octanol–water partition coefficient (Wildman–Crippen LogP) is 5.23. The van der Waals surface area contributed by atoms with Crippen molar-refractivity contribution in [3.63, 3.8) is 0 Å². The Morgan fingerprint density at radius 3 is 2.39 bits per heavy atom. The quantitative estimate of drug-likeness (QED) is 0.271. The van der Waals surface area contributed by atoms with Crippen LogP contribution < -0.4 is 19.7 Å². The summed E-state index contributed by atoms with van der Waals surface area (Å²) in [6.07, 6.45) is 1.56. The number of fused-ring (bicyclic) bond motifs is 1. The monoisotopic (exact) mass is 524 g/mol. The first-order chi connectivity index (χ1) is 15.9. The number of thiocarbonyl (C=S) groups is 1. The molecular formula is C25H21BrN2O4S. The second-order valence-electron chi connectivity index (χ2n) is 7.16. The molecule has 1 fully saturated rings. The van der Waals surface area contributed by atoms with Crippen LogP contribution in [0.1, 0.15) is 19.4 Å². The van der Waals surface area contributed by atoms with Crippen molar-refractivity contribution in [2.45, 2.75) is 13.8 Å². The lowest BCUT2D eigenvalue weighted by Crippen LogP contribution is -2.54. The van der Waals surface area contributed by atoms with Gasteiger partial charge >= 0.3 is 0 Å². The summed E-state index contributed by atoms with van der Waals surface area (Å²) in [6.45, 7) is 4.74. The van der Waals surface area contributed by atoms with Gasteiger partial charge in [-0.15, -0.1) is 0 Å². The summed E-state index contributed by atoms with van der Waals surface area (Å²) >= 11 is 8.68. The van der Waals surface area contributed by atoms with E-state index in [1.54, 1.807) is 30.3 Å². The van der Waals surface area contributed by atoms with Crippen molar-refractivity contribution < 1.29 is 19.1 Å². The molecule has 33 heavy (non-hydrogen) atoms. The molecule has 3 aromatic carbocycles. The summed E-state index contributed by atoms with van der Waals surface area (Å²) in [5.41, 5.74) is 1.14. The number of ether oxygens (including phenoxy) is 2. The van der Waals surface area contributed by atoms with Gasteiger partial charge in [-0.2, -0.15) is 0 Å². The topological polar surface area (TPSA) is 67.9 Å². The smallest absolute Gasteiger partial charge is 0.270 e. The SMILES string of the molecule is CCOc1ccc2ccc(OCC)c(/C=C3\C(=O)NC(=S)N(c4ccc(Br)cc4)C3=O)c2c1. The lowest BCUT2D eigenvalue weighted by Gasteiger charge is -2.29. The van der Waals surface area contributed by atoms with Crippen LogP contribution in [0.15, 0.2) is 64.6 Å². The second kappa shape index (κ2) is 9.72. The molecule has 0 aromatic heterocycles. The van der Waals surface area contributed by atoms with E-state index >= 15 is 0 Å². The highest BCUT2D eigenvalue weighted by molar-refractivity contribution is 9.10. The number of carbonyl (C=O) groups excluding carboxylic acids is 2. The van der Waals surface area contributed by atoms with Crippen LogP contribution in [0, 0.1) is 0 Å². The molecule has 0 saturated carbocycles. The number of carbonyl (C=O) groups is 2. The van der Waals surface area contributed by atoms with Crippen LogP contribution in [0.25, 0.3) is 16.8 Å². The zero-order valence-electron chi connectivity index (χ0n) is 18.1. The number of rotatable bonds is 6. The molecule has 1 saturated heterocycles. The highest BCUT2D eigenvalue weighted by atomic mass is 79.9. The highest BCUT2D eigenvalue weighted by Crippen LogP contribution is 2.34. The van der Waals surface area contributed by atoms with Crippen molar-refractivity contribution in [3.05, 3.63) is 70.2 Å². The van der Waals surface area contributed by atoms with Gasteiger partial charge in [-0.05, 0) is 85.4 Å². The summed E-state index contributed by atoms with van der Waals surface area (Å²) < 4.78 is 12.4. The molecule has 0 unspecified atom stereocenters. The number of nitrogens with one attached hydrogen (secondary N) is 1. The number of hydrogen-bond donors (Lipinski definition) is 1. The van der Waals surface area contributed by atoms with Crippen molar-refractivity contribution in [1.29, 1.82) is 0 Å². The summed E-state index contributed by atoms with van der Waals surface area (Å²) in [7, 11) is 0. The molecule has 0 radical (unpaired) electrons. The molecule has 6 nitrogen and oxygen atoms in total. The fourth-order valence-corrected chi connectivity index (χ4v) is 4.16. The average molecular weight is 525 g/mol. The number of halogens is 1. The predicted molar refractivity (Wildman–Crippen MR) is 137 cm³/mol. The van der Waals surface area contributed by atoms with Crippen LogP contribution in [0.5, 0.6) is 11.5 Å². The van der Waals surface area contributed by atoms with Crippen LogP contribution in [-0.4, -0.2) is 30.1 Å². The molecule has 1 N–H and O–H groups in total. The van der Waals surface area contributed by atoms with Crippen molar-refractivity contribution in [2.75, 3.05) is 18.1 Å². The van der Waals surface area contributed by atoms with E-state index in [9.17, 15) is 9.59 Å². The van der Waals surface area contributed by atoms with Crippen molar-refractivity contribution in [1.82, 2.24) is 5.32 Å². The normalized spacial score (nSPS) is 15.2. The Morgan fingerprint density at radius 2 is 1.70 bits per heavy atom. The van der Waals surface area contributed by atoms with E-state index in [0.717, 1.165) is 15.2 Å². The van der Waals surface area contributed by atoms with Gasteiger partial charge in [0.05, 0.1) is 18.9 Å². The first-order valence-corrected chi connectivity index (χ1v) is 11.6. The lowest BCUT2D eigenvalue weighted by molar-refractivity contribution is -0.122. The average Bonchev–Trinajstić information content (AvgIpc) is 2.79. The zero-order valence-corrected chi connectivity index (χ0v) is 20.5. The van der Waals surface area contributed by atoms with Crippen LogP contribution in [0.3, 0.4) is 0 Å². The number of amides is 2. The minimum absolute atomic E-state index is 0.0334. The molecule has 168 valence electrons. The molecule has 0 bridgehead atoms. The maximum Gasteiger partial charge on any atom is 0.270 e. The summed E-state index contributed by atoms with van der Waals surface area (Å²) in [5, 5.41) is 4.40. The number of nitrogens with zero attached hydrogens (tertiary/aromatic N) is 1. The Labute approximate surface area is 205 Å². The molecule has 2 amide bonds. The number of benzene rings is 3. The molecule has 1 aliphatic rings. The Kier molecular flexibility index (Phi) is 6.76. The maximum atomic E-state index is 13.4. The first kappa shape index (κ1) is 22.9. The number of anilines is 1. The maximum absolute atomic E-state index is 13.4. The van der Waals surface area contributed by atoms with Gasteiger partial charge in [-0.3, -0.25) is 19.8 Å². The van der Waals surface area contributed by atoms with E-state index in [-0.39, 0.29) is 10.7 Å². The molecule has 4 rings (SSSR count). The third kappa shape index (κ3) is 4.62. The Morgan fingerprint density at radius 1 is 1.00 bits per heavy atom. The Bertz CT molecular complexity index is 1280. The van der Waals surface area contributed by atoms with E-state index in [2.05, 4.69) is 21.2 Å². The molecule has 1 heterocycles. The second-order valence-corrected chi connectivity index (χ2v) is 8.46. The Balaban J connectivity index is 1.87. The summed E-state index contributed by atoms with van der Waals surface area (Å²) in [5.74, 6) is 0.191. The van der Waals surface area contributed by atoms with E-state index in [1.807, 2.05) is 44.2 Å². The fraction of sp³-hybridized carbons (Fsp3) is 0.160. The standard InChI is InChI=1S/C25H21BrN2O4S/c1-3-31-18-11-5-15-6-12-22(32-4-2)20(19(15)13-18)14-21-23(29)27-25(33)28(24(21)30)17-9-7-16(26)8-10-17/h5-14H,3-4H2,1-2H3,(H,27,29,33)/b21-14+. The molecule has 0 spiro atoms. The van der Waals surface area contributed by atoms with E-state index in [1.165, 1.54) is 4.90 Å². The fourth-order valence-electron chi connectivity index (χ4n) is 3.62. The van der Waals surface area contributed by atoms with Crippen LogP contribution in [0.2, 0.25) is 0 Å². The minimum Gasteiger partial charge on any atom is -0.494 e. The van der Waals surface area contributed by atoms with E-state index in [4.69, 9.17) is 21.7 Å². The first-order valence-electron chi connectivity index (χ1n) is 10.4. The molecule has 1 aliphatic heterocycles. The van der Waals surface area contributed by atoms with E-state index in [0.29, 0.717) is 36.0 Å². The van der Waals surface area contributed by atoms with Crippen molar-refractivity contribution >= 4 is 67.6 Å². The molecule has 0 atom stereocenters. The lowest BCUT2D eigenvalue weighted by atomic mass is 9.99. The van der Waals surface area contributed by atoms with Gasteiger partial charge in [-0.1, -0.05) is 28.1 Å². The summed E-state index contributed by atoms with van der Waals surface area (Å²) in [6, 6.07) is 16.6. The summed E-state index contributed by atoms with van der Waals surface area (Å²) in [4.78, 5) is 27.6. The van der Waals surface area contributed by atoms with Gasteiger partial charge in [0.15, 0.2) is 5.11 Å². The van der Waals surface area contributed by atoms with Gasteiger partial charge in [-0.25, -0.2) is 0 Å². The van der Waals surface area contributed by atoms with Gasteiger partial charge in [0.1, 0.15) is 17.1 Å².